The van der Waals surface area contributed by atoms with Crippen molar-refractivity contribution in [1.29, 1.82) is 5.26 Å². The Labute approximate surface area is 255 Å². The summed E-state index contributed by atoms with van der Waals surface area (Å²) in [5, 5.41) is 10.1. The van der Waals surface area contributed by atoms with E-state index in [0.29, 0.717) is 39.9 Å². The van der Waals surface area contributed by atoms with Gasteiger partial charge in [0.25, 0.3) is 5.91 Å². The van der Waals surface area contributed by atoms with E-state index in [9.17, 15) is 14.9 Å². The summed E-state index contributed by atoms with van der Waals surface area (Å²) in [5.41, 5.74) is 2.63. The van der Waals surface area contributed by atoms with Crippen molar-refractivity contribution in [2.45, 2.75) is 13.5 Å². The number of esters is 1. The van der Waals surface area contributed by atoms with Gasteiger partial charge < -0.3 is 19.1 Å². The number of nitriles is 1. The molecule has 0 bridgehead atoms. The van der Waals surface area contributed by atoms with Gasteiger partial charge in [0.2, 0.25) is 0 Å². The van der Waals surface area contributed by atoms with E-state index in [1.165, 1.54) is 16.9 Å². The van der Waals surface area contributed by atoms with Crippen molar-refractivity contribution in [2.75, 3.05) is 25.2 Å². The van der Waals surface area contributed by atoms with Gasteiger partial charge in [-0.15, -0.1) is 0 Å². The van der Waals surface area contributed by atoms with E-state index >= 15 is 0 Å². The predicted octanol–water partition coefficient (Wildman–Crippen LogP) is 5.94. The number of hydrogen-bond donors (Lipinski definition) is 0. The number of methoxy groups -OCH3 is 1. The third kappa shape index (κ3) is 6.38. The van der Waals surface area contributed by atoms with Crippen molar-refractivity contribution >= 4 is 75.2 Å². The highest BCUT2D eigenvalue weighted by Gasteiger charge is 2.40. The molecule has 0 N–H and O–H groups in total. The van der Waals surface area contributed by atoms with Gasteiger partial charge in [0.15, 0.2) is 16.6 Å². The standard InChI is InChI=1S/C29H23ClIN3O5S/c1-3-38-25-14-18(12-23(31)27(25)39-17-20-7-5-4-6-19(20)15-32)13-24-28(36)34(22-10-8-21(30)9-11-22)29(40)33(24)16-26(35)37-2/h4-14H,3,16-17H2,1-2H3/b24-13-. The predicted molar refractivity (Wildman–Crippen MR) is 164 cm³/mol. The fourth-order valence-electron chi connectivity index (χ4n) is 3.98. The monoisotopic (exact) mass is 687 g/mol. The van der Waals surface area contributed by atoms with Crippen LogP contribution in [0.4, 0.5) is 5.69 Å². The smallest absolute Gasteiger partial charge is 0.325 e. The van der Waals surface area contributed by atoms with E-state index in [1.807, 2.05) is 25.1 Å². The van der Waals surface area contributed by atoms with E-state index < -0.39 is 11.9 Å². The average Bonchev–Trinajstić information content (AvgIpc) is 3.17. The molecular weight excluding hydrogens is 665 g/mol. The van der Waals surface area contributed by atoms with Crippen molar-refractivity contribution in [2.24, 2.45) is 0 Å². The molecule has 0 aromatic heterocycles. The maximum Gasteiger partial charge on any atom is 0.325 e. The number of hydrogen-bond acceptors (Lipinski definition) is 7. The summed E-state index contributed by atoms with van der Waals surface area (Å²) in [6, 6.07) is 19.6. The summed E-state index contributed by atoms with van der Waals surface area (Å²) in [6.07, 6.45) is 1.65. The highest BCUT2D eigenvalue weighted by Crippen LogP contribution is 2.37. The molecule has 0 radical (unpaired) electrons. The van der Waals surface area contributed by atoms with E-state index in [0.717, 1.165) is 9.13 Å². The van der Waals surface area contributed by atoms with Crippen molar-refractivity contribution < 1.29 is 23.8 Å². The first-order valence-corrected chi connectivity index (χ1v) is 13.9. The van der Waals surface area contributed by atoms with Crippen LogP contribution in [0.3, 0.4) is 0 Å². The molecule has 1 fully saturated rings. The highest BCUT2D eigenvalue weighted by molar-refractivity contribution is 14.1. The highest BCUT2D eigenvalue weighted by atomic mass is 127. The molecule has 0 atom stereocenters. The molecule has 0 saturated carbocycles. The lowest BCUT2D eigenvalue weighted by atomic mass is 10.1. The normalized spacial score (nSPS) is 13.9. The zero-order valence-corrected chi connectivity index (χ0v) is 25.2. The van der Waals surface area contributed by atoms with Gasteiger partial charge in [0.1, 0.15) is 18.8 Å². The second kappa shape index (κ2) is 13.1. The summed E-state index contributed by atoms with van der Waals surface area (Å²) in [5.74, 6) is 0.0280. The van der Waals surface area contributed by atoms with Crippen LogP contribution in [0.2, 0.25) is 5.02 Å². The Morgan fingerprint density at radius 2 is 1.88 bits per heavy atom. The van der Waals surface area contributed by atoms with Crippen LogP contribution in [0.15, 0.2) is 66.4 Å². The zero-order chi connectivity index (χ0) is 28.8. The number of ether oxygens (including phenoxy) is 3. The first-order chi connectivity index (χ1) is 19.3. The molecule has 0 spiro atoms. The molecule has 3 aromatic carbocycles. The number of amides is 1. The Morgan fingerprint density at radius 3 is 2.55 bits per heavy atom. The van der Waals surface area contributed by atoms with Gasteiger partial charge in [-0.25, -0.2) is 0 Å². The Balaban J connectivity index is 1.72. The maximum absolute atomic E-state index is 13.6. The molecule has 1 saturated heterocycles. The van der Waals surface area contributed by atoms with E-state index in [2.05, 4.69) is 28.7 Å². The van der Waals surface area contributed by atoms with Crippen LogP contribution in [0, 0.1) is 14.9 Å². The summed E-state index contributed by atoms with van der Waals surface area (Å²) >= 11 is 13.8. The molecule has 0 aliphatic carbocycles. The van der Waals surface area contributed by atoms with Crippen molar-refractivity contribution in [3.05, 3.63) is 91.6 Å². The van der Waals surface area contributed by atoms with Crippen LogP contribution >= 0.6 is 46.4 Å². The second-order valence-corrected chi connectivity index (χ2v) is 10.4. The number of thiocarbonyl (C=S) groups is 1. The number of rotatable bonds is 9. The number of carbonyl (C=O) groups is 2. The summed E-state index contributed by atoms with van der Waals surface area (Å²) < 4.78 is 17.6. The Kier molecular flexibility index (Phi) is 9.63. The summed E-state index contributed by atoms with van der Waals surface area (Å²) in [4.78, 5) is 28.6. The van der Waals surface area contributed by atoms with Gasteiger partial charge in [-0.05, 0) is 95.8 Å². The largest absolute Gasteiger partial charge is 0.490 e. The minimum absolute atomic E-state index is 0.139. The van der Waals surface area contributed by atoms with Gasteiger partial charge >= 0.3 is 5.97 Å². The quantitative estimate of drug-likeness (QED) is 0.118. The minimum atomic E-state index is -0.551. The molecular formula is C29H23ClIN3O5S. The molecule has 1 aliphatic rings. The van der Waals surface area contributed by atoms with Crippen LogP contribution < -0.4 is 14.4 Å². The Bertz CT molecular complexity index is 1540. The number of anilines is 1. The van der Waals surface area contributed by atoms with Crippen molar-refractivity contribution in [3.8, 4) is 17.6 Å². The zero-order valence-electron chi connectivity index (χ0n) is 21.5. The lowest BCUT2D eigenvalue weighted by Crippen LogP contribution is -2.35. The molecule has 1 aliphatic heterocycles. The summed E-state index contributed by atoms with van der Waals surface area (Å²) in [7, 11) is 1.27. The first-order valence-electron chi connectivity index (χ1n) is 12.0. The van der Waals surface area contributed by atoms with Gasteiger partial charge in [0, 0.05) is 10.6 Å². The Morgan fingerprint density at radius 1 is 1.15 bits per heavy atom. The average molecular weight is 688 g/mol. The van der Waals surface area contributed by atoms with E-state index in [1.54, 1.807) is 48.5 Å². The van der Waals surface area contributed by atoms with Crippen LogP contribution in [0.5, 0.6) is 11.5 Å². The third-order valence-electron chi connectivity index (χ3n) is 5.88. The lowest BCUT2D eigenvalue weighted by molar-refractivity contribution is -0.140. The third-order valence-corrected chi connectivity index (χ3v) is 7.34. The fourth-order valence-corrected chi connectivity index (χ4v) is 5.24. The fraction of sp³-hybridized carbons (Fsp3) is 0.172. The molecule has 11 heteroatoms. The van der Waals surface area contributed by atoms with Crippen LogP contribution in [-0.2, 0) is 20.9 Å². The van der Waals surface area contributed by atoms with Gasteiger partial charge in [-0.2, -0.15) is 5.26 Å². The number of halogens is 2. The Hall–Kier alpha value is -3.66. The van der Waals surface area contributed by atoms with Crippen molar-refractivity contribution in [1.82, 2.24) is 4.90 Å². The van der Waals surface area contributed by atoms with Crippen LogP contribution in [0.25, 0.3) is 6.08 Å². The second-order valence-electron chi connectivity index (χ2n) is 8.41. The van der Waals surface area contributed by atoms with Crippen molar-refractivity contribution in [3.63, 3.8) is 0 Å². The van der Waals surface area contributed by atoms with Gasteiger partial charge in [-0.3, -0.25) is 14.5 Å². The molecule has 0 unspecified atom stereocenters. The number of carbonyl (C=O) groups excluding carboxylic acids is 2. The minimum Gasteiger partial charge on any atom is -0.490 e. The first kappa shape index (κ1) is 29.3. The molecule has 4 rings (SSSR count). The molecule has 1 heterocycles. The van der Waals surface area contributed by atoms with Crippen LogP contribution in [0.1, 0.15) is 23.6 Å². The van der Waals surface area contributed by atoms with Gasteiger partial charge in [-0.1, -0.05) is 29.8 Å². The molecule has 8 nitrogen and oxygen atoms in total. The lowest BCUT2D eigenvalue weighted by Gasteiger charge is -2.19. The van der Waals surface area contributed by atoms with Crippen LogP contribution in [-0.4, -0.2) is 42.2 Å². The number of benzene rings is 3. The maximum atomic E-state index is 13.6. The number of nitrogens with zero attached hydrogens (tertiary/aromatic N) is 3. The summed E-state index contributed by atoms with van der Waals surface area (Å²) in [6.45, 7) is 2.17. The molecule has 1 amide bonds. The molecule has 40 heavy (non-hydrogen) atoms. The molecule has 204 valence electrons. The van der Waals surface area contributed by atoms with E-state index in [4.69, 9.17) is 38.0 Å². The SMILES string of the molecule is CCOc1cc(/C=C2/C(=O)N(c3ccc(Cl)cc3)C(=S)N2CC(=O)OC)cc(I)c1OCc1ccccc1C#N. The van der Waals surface area contributed by atoms with Gasteiger partial charge in [0.05, 0.1) is 34.6 Å². The molecule has 3 aromatic rings. The van der Waals surface area contributed by atoms with E-state index in [-0.39, 0.29) is 24.0 Å². The topological polar surface area (TPSA) is 92.1 Å².